The van der Waals surface area contributed by atoms with Gasteiger partial charge in [-0.3, -0.25) is 0 Å². The summed E-state index contributed by atoms with van der Waals surface area (Å²) in [6, 6.07) is 14.7. The molecule has 4 nitrogen and oxygen atoms in total. The smallest absolute Gasteiger partial charge is 0.101 e. The van der Waals surface area contributed by atoms with Gasteiger partial charge in [-0.25, -0.2) is 0 Å². The fraction of sp³-hybridized carbons (Fsp3) is 0.0667. The van der Waals surface area contributed by atoms with Gasteiger partial charge in [-0.2, -0.15) is 10.5 Å². The molecular formula is C15H12N4. The largest absolute Gasteiger partial charge is 0.397 e. The highest BCUT2D eigenvalue weighted by atomic mass is 14.9. The van der Waals surface area contributed by atoms with Crippen LogP contribution in [0.2, 0.25) is 0 Å². The Kier molecular flexibility index (Phi) is 3.36. The van der Waals surface area contributed by atoms with Gasteiger partial charge >= 0.3 is 0 Å². The van der Waals surface area contributed by atoms with Gasteiger partial charge in [0.25, 0.3) is 0 Å². The molecule has 0 aliphatic rings. The number of benzene rings is 2. The maximum Gasteiger partial charge on any atom is 0.101 e. The summed E-state index contributed by atoms with van der Waals surface area (Å²) in [4.78, 5) is 0. The van der Waals surface area contributed by atoms with Gasteiger partial charge in [-0.05, 0) is 36.8 Å². The summed E-state index contributed by atoms with van der Waals surface area (Å²) in [5.74, 6) is 0. The molecule has 0 unspecified atom stereocenters. The molecular weight excluding hydrogens is 236 g/mol. The molecule has 0 atom stereocenters. The summed E-state index contributed by atoms with van der Waals surface area (Å²) in [5.41, 5.74) is 9.84. The number of nitrogens with zero attached hydrogens (tertiary/aromatic N) is 2. The molecule has 0 spiro atoms. The van der Waals surface area contributed by atoms with E-state index in [1.54, 1.807) is 18.2 Å². The number of rotatable bonds is 2. The van der Waals surface area contributed by atoms with Crippen molar-refractivity contribution in [1.82, 2.24) is 0 Å². The molecule has 0 heterocycles. The third kappa shape index (κ3) is 2.48. The first-order chi connectivity index (χ1) is 9.15. The van der Waals surface area contributed by atoms with Crippen LogP contribution in [0.15, 0.2) is 36.4 Å². The van der Waals surface area contributed by atoms with Gasteiger partial charge in [-0.1, -0.05) is 12.1 Å². The van der Waals surface area contributed by atoms with Crippen molar-refractivity contribution < 1.29 is 0 Å². The lowest BCUT2D eigenvalue weighted by molar-refractivity contribution is 1.40. The molecule has 19 heavy (non-hydrogen) atoms. The van der Waals surface area contributed by atoms with E-state index in [0.717, 1.165) is 16.9 Å². The van der Waals surface area contributed by atoms with Crippen LogP contribution < -0.4 is 11.1 Å². The van der Waals surface area contributed by atoms with Gasteiger partial charge in [0.05, 0.1) is 22.5 Å². The number of hydrogen-bond donors (Lipinski definition) is 2. The van der Waals surface area contributed by atoms with Gasteiger partial charge in [0.15, 0.2) is 0 Å². The molecule has 0 amide bonds. The molecule has 0 aromatic heterocycles. The lowest BCUT2D eigenvalue weighted by Crippen LogP contribution is -1.99. The first-order valence-corrected chi connectivity index (χ1v) is 5.72. The van der Waals surface area contributed by atoms with Crippen LogP contribution in [0, 0.1) is 29.6 Å². The van der Waals surface area contributed by atoms with Crippen LogP contribution in [0.5, 0.6) is 0 Å². The fourth-order valence-electron chi connectivity index (χ4n) is 1.82. The Bertz CT molecular complexity index is 685. The Labute approximate surface area is 111 Å². The zero-order valence-electron chi connectivity index (χ0n) is 10.4. The van der Waals surface area contributed by atoms with Gasteiger partial charge < -0.3 is 11.1 Å². The molecule has 2 aromatic rings. The number of anilines is 3. The quantitative estimate of drug-likeness (QED) is 0.800. The summed E-state index contributed by atoms with van der Waals surface area (Å²) in [5, 5.41) is 21.1. The maximum absolute atomic E-state index is 9.00. The maximum atomic E-state index is 9.00. The number of nitrogens with one attached hydrogen (secondary N) is 1. The summed E-state index contributed by atoms with van der Waals surface area (Å²) in [7, 11) is 0. The van der Waals surface area contributed by atoms with Crippen molar-refractivity contribution in [3.05, 3.63) is 53.1 Å². The Balaban J connectivity index is 2.41. The second-order valence-corrected chi connectivity index (χ2v) is 4.15. The number of nitriles is 2. The van der Waals surface area contributed by atoms with Crippen LogP contribution in [-0.4, -0.2) is 0 Å². The van der Waals surface area contributed by atoms with E-state index in [9.17, 15) is 0 Å². The predicted octanol–water partition coefficient (Wildman–Crippen LogP) is 3.06. The van der Waals surface area contributed by atoms with Crippen LogP contribution >= 0.6 is 0 Å². The molecule has 0 aliphatic heterocycles. The van der Waals surface area contributed by atoms with E-state index in [-0.39, 0.29) is 0 Å². The van der Waals surface area contributed by atoms with E-state index in [4.69, 9.17) is 16.3 Å². The minimum absolute atomic E-state index is 0.347. The molecule has 0 saturated heterocycles. The average molecular weight is 248 g/mol. The van der Waals surface area contributed by atoms with Crippen molar-refractivity contribution in [2.75, 3.05) is 11.1 Å². The van der Waals surface area contributed by atoms with Crippen LogP contribution in [0.3, 0.4) is 0 Å². The highest BCUT2D eigenvalue weighted by Crippen LogP contribution is 2.27. The highest BCUT2D eigenvalue weighted by molar-refractivity contribution is 5.76. The molecule has 0 aliphatic carbocycles. The molecule has 0 fully saturated rings. The van der Waals surface area contributed by atoms with E-state index in [0.29, 0.717) is 16.8 Å². The third-order valence-electron chi connectivity index (χ3n) is 2.83. The van der Waals surface area contributed by atoms with Crippen molar-refractivity contribution in [2.45, 2.75) is 6.92 Å². The van der Waals surface area contributed by atoms with Crippen molar-refractivity contribution in [3.8, 4) is 12.1 Å². The first kappa shape index (κ1) is 12.5. The molecule has 0 radical (unpaired) electrons. The second-order valence-electron chi connectivity index (χ2n) is 4.15. The zero-order chi connectivity index (χ0) is 13.8. The molecule has 0 saturated carbocycles. The van der Waals surface area contributed by atoms with Gasteiger partial charge in [0.2, 0.25) is 0 Å². The molecule has 2 aromatic carbocycles. The van der Waals surface area contributed by atoms with E-state index >= 15 is 0 Å². The van der Waals surface area contributed by atoms with Crippen molar-refractivity contribution >= 4 is 17.1 Å². The fourth-order valence-corrected chi connectivity index (χ4v) is 1.82. The monoisotopic (exact) mass is 248 g/mol. The van der Waals surface area contributed by atoms with Gasteiger partial charge in [0, 0.05) is 5.69 Å². The van der Waals surface area contributed by atoms with Crippen molar-refractivity contribution in [3.63, 3.8) is 0 Å². The van der Waals surface area contributed by atoms with Crippen LogP contribution in [0.4, 0.5) is 17.1 Å². The topological polar surface area (TPSA) is 85.6 Å². The molecule has 4 heteroatoms. The SMILES string of the molecule is Cc1cccc(N)c1Nc1ccc(C#N)c(C#N)c1. The van der Waals surface area contributed by atoms with E-state index in [2.05, 4.69) is 5.32 Å². The Morgan fingerprint density at radius 2 is 1.79 bits per heavy atom. The highest BCUT2D eigenvalue weighted by Gasteiger charge is 2.06. The van der Waals surface area contributed by atoms with Crippen LogP contribution in [0.25, 0.3) is 0 Å². The number of para-hydroxylation sites is 1. The van der Waals surface area contributed by atoms with Gasteiger partial charge in [-0.15, -0.1) is 0 Å². The van der Waals surface area contributed by atoms with Gasteiger partial charge in [0.1, 0.15) is 12.1 Å². The number of nitrogens with two attached hydrogens (primary N) is 1. The second kappa shape index (κ2) is 5.12. The standard InChI is InChI=1S/C15H12N4/c1-10-3-2-4-14(18)15(10)19-13-6-5-11(8-16)12(7-13)9-17/h2-7,19H,18H2,1H3. The summed E-state index contributed by atoms with van der Waals surface area (Å²) >= 11 is 0. The van der Waals surface area contributed by atoms with Crippen molar-refractivity contribution in [2.24, 2.45) is 0 Å². The lowest BCUT2D eigenvalue weighted by Gasteiger charge is -2.12. The predicted molar refractivity (Wildman–Crippen MR) is 74.7 cm³/mol. The Morgan fingerprint density at radius 1 is 1.05 bits per heavy atom. The Hall–Kier alpha value is -2.98. The normalized spacial score (nSPS) is 9.42. The zero-order valence-corrected chi connectivity index (χ0v) is 10.4. The molecule has 2 rings (SSSR count). The van der Waals surface area contributed by atoms with Crippen LogP contribution in [0.1, 0.15) is 16.7 Å². The third-order valence-corrected chi connectivity index (χ3v) is 2.83. The lowest BCUT2D eigenvalue weighted by atomic mass is 10.1. The molecule has 92 valence electrons. The average Bonchev–Trinajstić information content (AvgIpc) is 2.42. The first-order valence-electron chi connectivity index (χ1n) is 5.72. The van der Waals surface area contributed by atoms with Crippen LogP contribution in [-0.2, 0) is 0 Å². The van der Waals surface area contributed by atoms with Crippen molar-refractivity contribution in [1.29, 1.82) is 10.5 Å². The summed E-state index contributed by atoms with van der Waals surface area (Å²) in [6.07, 6.45) is 0. The summed E-state index contributed by atoms with van der Waals surface area (Å²) in [6.45, 7) is 1.95. The summed E-state index contributed by atoms with van der Waals surface area (Å²) < 4.78 is 0. The van der Waals surface area contributed by atoms with E-state index < -0.39 is 0 Å². The van der Waals surface area contributed by atoms with E-state index in [1.807, 2.05) is 37.3 Å². The minimum atomic E-state index is 0.347. The van der Waals surface area contributed by atoms with E-state index in [1.165, 1.54) is 0 Å². The Morgan fingerprint density at radius 3 is 2.42 bits per heavy atom. The minimum Gasteiger partial charge on any atom is -0.397 e. The molecule has 0 bridgehead atoms. The molecule has 3 N–H and O–H groups in total. The number of hydrogen-bond acceptors (Lipinski definition) is 4. The number of aryl methyl sites for hydroxylation is 1. The number of nitrogen functional groups attached to an aromatic ring is 1.